The number of hydrogen-bond donors (Lipinski definition) is 2. The largest absolute Gasteiger partial charge is 0.497 e. The maximum absolute atomic E-state index is 13.5. The third kappa shape index (κ3) is 5.65. The number of carbonyl (C=O) groups excluding carboxylic acids is 1. The van der Waals surface area contributed by atoms with Gasteiger partial charge in [-0.2, -0.15) is 4.98 Å². The monoisotopic (exact) mass is 525 g/mol. The Kier molecular flexibility index (Phi) is 8.20. The van der Waals surface area contributed by atoms with Crippen molar-refractivity contribution in [3.8, 4) is 17.1 Å². The zero-order chi connectivity index (χ0) is 26.5. The zero-order valence-electron chi connectivity index (χ0n) is 20.8. The summed E-state index contributed by atoms with van der Waals surface area (Å²) in [4.78, 5) is 17.4. The van der Waals surface area contributed by atoms with Crippen LogP contribution in [0.25, 0.3) is 22.4 Å². The number of halogens is 1. The number of fused-ring (bicyclic) bond motifs is 1. The molecule has 10 heteroatoms. The molecule has 1 unspecified atom stereocenters. The van der Waals surface area contributed by atoms with Gasteiger partial charge in [-0.25, -0.2) is 8.60 Å². The van der Waals surface area contributed by atoms with E-state index < -0.39 is 17.1 Å². The van der Waals surface area contributed by atoms with E-state index in [9.17, 15) is 17.9 Å². The van der Waals surface area contributed by atoms with Gasteiger partial charge in [-0.1, -0.05) is 19.1 Å². The molecule has 1 atom stereocenters. The zero-order valence-corrected chi connectivity index (χ0v) is 21.6. The summed E-state index contributed by atoms with van der Waals surface area (Å²) in [5.74, 6) is 0.537. The Labute approximate surface area is 216 Å². The van der Waals surface area contributed by atoms with Crippen LogP contribution >= 0.6 is 0 Å². The third-order valence-electron chi connectivity index (χ3n) is 6.09. The van der Waals surface area contributed by atoms with Crippen LogP contribution in [0.2, 0.25) is 0 Å². The third-order valence-corrected chi connectivity index (χ3v) is 6.82. The molecular formula is C27H28FN3O5S. The highest BCUT2D eigenvalue weighted by molar-refractivity contribution is 7.80. The molecule has 2 N–H and O–H groups in total. The lowest BCUT2D eigenvalue weighted by atomic mass is 10.0. The number of carbonyl (C=O) groups is 1. The summed E-state index contributed by atoms with van der Waals surface area (Å²) < 4.78 is 48.5. The number of methoxy groups -OCH3 is 1. The highest BCUT2D eigenvalue weighted by Crippen LogP contribution is 2.36. The van der Waals surface area contributed by atoms with E-state index in [0.29, 0.717) is 41.6 Å². The second-order valence-electron chi connectivity index (χ2n) is 8.35. The van der Waals surface area contributed by atoms with Crippen LogP contribution in [0.15, 0.2) is 59.0 Å². The Morgan fingerprint density at radius 1 is 1.19 bits per heavy atom. The molecular weight excluding hydrogens is 497 g/mol. The van der Waals surface area contributed by atoms with Crippen molar-refractivity contribution in [3.63, 3.8) is 0 Å². The molecule has 0 aliphatic rings. The number of hydrogen-bond acceptors (Lipinski definition) is 5. The molecule has 2 aromatic carbocycles. The normalized spacial score (nSPS) is 11.9. The summed E-state index contributed by atoms with van der Waals surface area (Å²) in [7, 11) is 3.12. The Balaban J connectivity index is 1.71. The number of nitrogens with zero attached hydrogens (tertiary/aromatic N) is 2. The van der Waals surface area contributed by atoms with Gasteiger partial charge in [0.15, 0.2) is 0 Å². The summed E-state index contributed by atoms with van der Waals surface area (Å²) in [6, 6.07) is 15.1. The standard InChI is InChI=1S/C27H28FN3O5S/c1-4-18-16-22-23(26(32)29-2)24(19-9-11-20(28)12-10-19)36-27(22)30-25(18)31(37(33)34)15-5-6-17-7-13-21(35-3)14-8-17/h7-14,16H,4-6,15H2,1-3H3,(H,29,32)(H,33,34). The van der Waals surface area contributed by atoms with E-state index in [0.717, 1.165) is 11.3 Å². The summed E-state index contributed by atoms with van der Waals surface area (Å²) in [6.07, 6.45) is 1.80. The Morgan fingerprint density at radius 3 is 2.49 bits per heavy atom. The number of aromatic nitrogens is 1. The van der Waals surface area contributed by atoms with Gasteiger partial charge in [-0.3, -0.25) is 13.7 Å². The van der Waals surface area contributed by atoms with Crippen LogP contribution in [-0.2, 0) is 24.1 Å². The van der Waals surface area contributed by atoms with Crippen molar-refractivity contribution in [1.82, 2.24) is 10.3 Å². The molecule has 2 heterocycles. The molecule has 0 saturated carbocycles. The van der Waals surface area contributed by atoms with E-state index in [4.69, 9.17) is 9.15 Å². The molecule has 0 bridgehead atoms. The molecule has 194 valence electrons. The van der Waals surface area contributed by atoms with Gasteiger partial charge in [0.2, 0.25) is 5.71 Å². The number of benzene rings is 2. The molecule has 0 spiro atoms. The first-order chi connectivity index (χ1) is 17.9. The number of ether oxygens (including phenoxy) is 1. The lowest BCUT2D eigenvalue weighted by Crippen LogP contribution is -2.28. The molecule has 8 nitrogen and oxygen atoms in total. The average Bonchev–Trinajstić information content (AvgIpc) is 3.28. The van der Waals surface area contributed by atoms with E-state index in [2.05, 4.69) is 10.3 Å². The molecule has 0 fully saturated rings. The number of pyridine rings is 1. The van der Waals surface area contributed by atoms with Crippen molar-refractivity contribution in [2.75, 3.05) is 25.0 Å². The van der Waals surface area contributed by atoms with Gasteiger partial charge in [0, 0.05) is 19.2 Å². The van der Waals surface area contributed by atoms with Crippen molar-refractivity contribution in [2.45, 2.75) is 26.2 Å². The van der Waals surface area contributed by atoms with Crippen LogP contribution in [-0.4, -0.2) is 40.4 Å². The molecule has 0 saturated heterocycles. The molecule has 0 aliphatic heterocycles. The predicted octanol–water partition coefficient (Wildman–Crippen LogP) is 5.14. The van der Waals surface area contributed by atoms with Crippen LogP contribution in [0.1, 0.15) is 34.8 Å². The topological polar surface area (TPSA) is 105 Å². The molecule has 0 radical (unpaired) electrons. The van der Waals surface area contributed by atoms with E-state index in [1.54, 1.807) is 13.2 Å². The van der Waals surface area contributed by atoms with Crippen molar-refractivity contribution in [1.29, 1.82) is 0 Å². The number of rotatable bonds is 10. The van der Waals surface area contributed by atoms with Crippen LogP contribution < -0.4 is 14.4 Å². The van der Waals surface area contributed by atoms with Gasteiger partial charge in [0.1, 0.15) is 23.1 Å². The maximum atomic E-state index is 13.5. The van der Waals surface area contributed by atoms with E-state index >= 15 is 0 Å². The van der Waals surface area contributed by atoms with Crippen LogP contribution in [0.5, 0.6) is 5.75 Å². The van der Waals surface area contributed by atoms with Crippen molar-refractivity contribution < 1.29 is 27.1 Å². The van der Waals surface area contributed by atoms with Crippen molar-refractivity contribution in [2.24, 2.45) is 0 Å². The van der Waals surface area contributed by atoms with Crippen molar-refractivity contribution in [3.05, 3.63) is 77.1 Å². The lowest BCUT2D eigenvalue weighted by Gasteiger charge is -2.21. The van der Waals surface area contributed by atoms with Crippen LogP contribution in [0.4, 0.5) is 10.2 Å². The highest BCUT2D eigenvalue weighted by Gasteiger charge is 2.26. The van der Waals surface area contributed by atoms with Gasteiger partial charge in [0.25, 0.3) is 17.2 Å². The first-order valence-electron chi connectivity index (χ1n) is 11.8. The Hall–Kier alpha value is -3.76. The highest BCUT2D eigenvalue weighted by atomic mass is 32.2. The fourth-order valence-electron chi connectivity index (χ4n) is 4.16. The second-order valence-corrected chi connectivity index (χ2v) is 9.26. The summed E-state index contributed by atoms with van der Waals surface area (Å²) >= 11 is -2.33. The number of anilines is 1. The van der Waals surface area contributed by atoms with Crippen molar-refractivity contribution >= 4 is 34.1 Å². The molecule has 0 aliphatic carbocycles. The average molecular weight is 526 g/mol. The molecule has 37 heavy (non-hydrogen) atoms. The van der Waals surface area contributed by atoms with E-state index in [1.807, 2.05) is 31.2 Å². The second kappa shape index (κ2) is 11.5. The van der Waals surface area contributed by atoms with Crippen LogP contribution in [0, 0.1) is 5.82 Å². The molecule has 2 aromatic heterocycles. The summed E-state index contributed by atoms with van der Waals surface area (Å²) in [5, 5.41) is 3.09. The predicted molar refractivity (Wildman–Crippen MR) is 142 cm³/mol. The fourth-order valence-corrected chi connectivity index (χ4v) is 4.75. The first-order valence-corrected chi connectivity index (χ1v) is 12.9. The lowest BCUT2D eigenvalue weighted by molar-refractivity contribution is 0.0964. The van der Waals surface area contributed by atoms with Gasteiger partial charge in [-0.15, -0.1) is 0 Å². The number of furan rings is 1. The number of nitrogens with one attached hydrogen (secondary N) is 1. The summed E-state index contributed by atoms with van der Waals surface area (Å²) in [5.41, 5.74) is 2.70. The maximum Gasteiger partial charge on any atom is 0.263 e. The fraction of sp³-hybridized carbons (Fsp3) is 0.259. The van der Waals surface area contributed by atoms with Gasteiger partial charge < -0.3 is 14.5 Å². The van der Waals surface area contributed by atoms with E-state index in [1.165, 1.54) is 35.6 Å². The quantitative estimate of drug-likeness (QED) is 0.278. The van der Waals surface area contributed by atoms with Crippen LogP contribution in [0.3, 0.4) is 0 Å². The Bertz CT molecular complexity index is 1420. The van der Waals surface area contributed by atoms with Gasteiger partial charge >= 0.3 is 0 Å². The van der Waals surface area contributed by atoms with E-state index in [-0.39, 0.29) is 29.5 Å². The molecule has 4 rings (SSSR count). The van der Waals surface area contributed by atoms with Gasteiger partial charge in [0.05, 0.1) is 18.1 Å². The minimum absolute atomic E-state index is 0.149. The minimum atomic E-state index is -2.33. The number of amides is 1. The summed E-state index contributed by atoms with van der Waals surface area (Å²) in [6.45, 7) is 2.18. The molecule has 1 amide bonds. The first kappa shape index (κ1) is 26.3. The molecule has 4 aromatic rings. The Morgan fingerprint density at radius 2 is 1.89 bits per heavy atom. The number of aryl methyl sites for hydroxylation is 2. The van der Waals surface area contributed by atoms with Gasteiger partial charge in [-0.05, 0) is 72.9 Å². The minimum Gasteiger partial charge on any atom is -0.497 e. The SMILES string of the molecule is CCc1cc2c(C(=O)NC)c(-c3ccc(F)cc3)oc2nc1N(CCCc1ccc(OC)cc1)S(=O)O. The smallest absolute Gasteiger partial charge is 0.263 e.